The van der Waals surface area contributed by atoms with Crippen molar-refractivity contribution in [2.75, 3.05) is 19.7 Å². The van der Waals surface area contributed by atoms with Gasteiger partial charge in [-0.1, -0.05) is 49.5 Å². The number of hydrogen-bond acceptors (Lipinski definition) is 3. The first kappa shape index (κ1) is 15.9. The van der Waals surface area contributed by atoms with E-state index < -0.39 is 5.92 Å². The smallest absolute Gasteiger partial charge is 0.233 e. The molecule has 114 valence electrons. The van der Waals surface area contributed by atoms with E-state index in [1.807, 2.05) is 35.2 Å². The number of benzene rings is 1. The Labute approximate surface area is 131 Å². The predicted octanol–water partition coefficient (Wildman–Crippen LogP) is 1.77. The molecule has 0 aliphatic carbocycles. The number of carbonyl (C=O) groups excluding carboxylic acids is 1. The lowest BCUT2D eigenvalue weighted by Crippen LogP contribution is -2.50. The van der Waals surface area contributed by atoms with Gasteiger partial charge in [0.2, 0.25) is 5.91 Å². The summed E-state index contributed by atoms with van der Waals surface area (Å²) in [5.74, 6) is -0.411. The molecule has 2 N–H and O–H groups in total. The number of amides is 1. The van der Waals surface area contributed by atoms with E-state index in [1.54, 1.807) is 0 Å². The molecule has 1 aliphatic heterocycles. The molecule has 1 aromatic carbocycles. The van der Waals surface area contributed by atoms with Crippen LogP contribution in [0.25, 0.3) is 0 Å². The van der Waals surface area contributed by atoms with Gasteiger partial charge in [-0.05, 0) is 18.4 Å². The Kier molecular flexibility index (Phi) is 5.70. The molecule has 4 nitrogen and oxygen atoms in total. The third kappa shape index (κ3) is 4.25. The number of thiocarbonyl (C=S) groups is 1. The lowest BCUT2D eigenvalue weighted by Gasteiger charge is -2.34. The van der Waals surface area contributed by atoms with Gasteiger partial charge in [0.15, 0.2) is 0 Å². The molecule has 2 unspecified atom stereocenters. The molecule has 21 heavy (non-hydrogen) atoms. The van der Waals surface area contributed by atoms with Crippen LogP contribution in [0.1, 0.15) is 18.9 Å². The molecule has 1 saturated heterocycles. The zero-order chi connectivity index (χ0) is 15.2. The number of hydrogen-bond donors (Lipinski definition) is 1. The monoisotopic (exact) mass is 306 g/mol. The highest BCUT2D eigenvalue weighted by molar-refractivity contribution is 7.80. The molecule has 1 fully saturated rings. The second-order valence-electron chi connectivity index (χ2n) is 5.33. The maximum Gasteiger partial charge on any atom is 0.233 e. The Morgan fingerprint density at radius 3 is 2.81 bits per heavy atom. The van der Waals surface area contributed by atoms with Crippen LogP contribution < -0.4 is 5.73 Å². The molecule has 0 aromatic heterocycles. The Hall–Kier alpha value is -1.46. The minimum absolute atomic E-state index is 0.0214. The second kappa shape index (κ2) is 7.52. The van der Waals surface area contributed by atoms with Gasteiger partial charge in [0.1, 0.15) is 0 Å². The standard InChI is InChI=1S/C16H22N2O2S/c1-2-13-11-18(8-9-20-13)16(19)14(15(17)21)10-12-6-4-3-5-7-12/h3-7,13-14H,2,8-11H2,1H3,(H2,17,21). The summed E-state index contributed by atoms with van der Waals surface area (Å²) >= 11 is 5.12. The van der Waals surface area contributed by atoms with Gasteiger partial charge in [-0.2, -0.15) is 0 Å². The van der Waals surface area contributed by atoms with Crippen LogP contribution in [0.2, 0.25) is 0 Å². The molecular formula is C16H22N2O2S. The number of ether oxygens (including phenoxy) is 1. The molecule has 0 saturated carbocycles. The first-order valence-corrected chi connectivity index (χ1v) is 7.76. The van der Waals surface area contributed by atoms with Crippen LogP contribution in [-0.4, -0.2) is 41.6 Å². The van der Waals surface area contributed by atoms with E-state index in [9.17, 15) is 4.79 Å². The molecule has 5 heteroatoms. The molecule has 1 aliphatic rings. The first-order valence-electron chi connectivity index (χ1n) is 7.35. The SMILES string of the molecule is CCC1CN(C(=O)C(Cc2ccccc2)C(N)=S)CCO1. The molecule has 2 rings (SSSR count). The van der Waals surface area contributed by atoms with E-state index in [0.29, 0.717) is 26.1 Å². The molecular weight excluding hydrogens is 284 g/mol. The topological polar surface area (TPSA) is 55.6 Å². The average molecular weight is 306 g/mol. The van der Waals surface area contributed by atoms with E-state index in [2.05, 4.69) is 6.92 Å². The number of rotatable bonds is 5. The molecule has 0 spiro atoms. The molecule has 1 amide bonds. The third-order valence-electron chi connectivity index (χ3n) is 3.83. The summed E-state index contributed by atoms with van der Waals surface area (Å²) in [6.45, 7) is 3.89. The van der Waals surface area contributed by atoms with E-state index in [1.165, 1.54) is 0 Å². The van der Waals surface area contributed by atoms with Crippen LogP contribution in [0.15, 0.2) is 30.3 Å². The number of carbonyl (C=O) groups is 1. The molecule has 1 aromatic rings. The van der Waals surface area contributed by atoms with E-state index in [-0.39, 0.29) is 17.0 Å². The van der Waals surface area contributed by atoms with Crippen molar-refractivity contribution in [1.29, 1.82) is 0 Å². The van der Waals surface area contributed by atoms with E-state index >= 15 is 0 Å². The molecule has 0 bridgehead atoms. The van der Waals surface area contributed by atoms with Crippen LogP contribution in [0.3, 0.4) is 0 Å². The number of nitrogens with two attached hydrogens (primary N) is 1. The van der Waals surface area contributed by atoms with Crippen molar-refractivity contribution >= 4 is 23.1 Å². The maximum absolute atomic E-state index is 12.7. The van der Waals surface area contributed by atoms with Crippen molar-refractivity contribution < 1.29 is 9.53 Å². The zero-order valence-electron chi connectivity index (χ0n) is 12.3. The fourth-order valence-electron chi connectivity index (χ4n) is 2.55. The van der Waals surface area contributed by atoms with E-state index in [0.717, 1.165) is 12.0 Å². The minimum atomic E-state index is -0.432. The van der Waals surface area contributed by atoms with Gasteiger partial charge in [0.05, 0.1) is 23.6 Å². The highest BCUT2D eigenvalue weighted by Gasteiger charge is 2.30. The molecule has 2 atom stereocenters. The van der Waals surface area contributed by atoms with Gasteiger partial charge < -0.3 is 15.4 Å². The summed E-state index contributed by atoms with van der Waals surface area (Å²) in [6, 6.07) is 9.85. The fourth-order valence-corrected chi connectivity index (χ4v) is 2.73. The van der Waals surface area contributed by atoms with Crippen molar-refractivity contribution in [3.63, 3.8) is 0 Å². The van der Waals surface area contributed by atoms with Gasteiger partial charge in [-0.3, -0.25) is 4.79 Å². The van der Waals surface area contributed by atoms with E-state index in [4.69, 9.17) is 22.7 Å². The lowest BCUT2D eigenvalue weighted by atomic mass is 9.97. The normalized spacial score (nSPS) is 20.0. The summed E-state index contributed by atoms with van der Waals surface area (Å²) in [5.41, 5.74) is 6.89. The summed E-state index contributed by atoms with van der Waals surface area (Å²) in [4.78, 5) is 14.8. The molecule has 0 radical (unpaired) electrons. The Morgan fingerprint density at radius 1 is 1.48 bits per heavy atom. The van der Waals surface area contributed by atoms with Gasteiger partial charge in [-0.15, -0.1) is 0 Å². The van der Waals surface area contributed by atoms with Crippen molar-refractivity contribution in [1.82, 2.24) is 4.90 Å². The van der Waals surface area contributed by atoms with Crippen LogP contribution in [-0.2, 0) is 16.0 Å². The largest absolute Gasteiger partial charge is 0.393 e. The van der Waals surface area contributed by atoms with Gasteiger partial charge >= 0.3 is 0 Å². The summed E-state index contributed by atoms with van der Waals surface area (Å²) in [6.07, 6.45) is 1.58. The summed E-state index contributed by atoms with van der Waals surface area (Å²) < 4.78 is 5.61. The number of morpholine rings is 1. The Bertz CT molecular complexity index is 492. The maximum atomic E-state index is 12.7. The molecule has 1 heterocycles. The highest BCUT2D eigenvalue weighted by atomic mass is 32.1. The van der Waals surface area contributed by atoms with Crippen molar-refractivity contribution in [2.24, 2.45) is 11.7 Å². The predicted molar refractivity (Wildman–Crippen MR) is 87.0 cm³/mol. The zero-order valence-corrected chi connectivity index (χ0v) is 13.1. The van der Waals surface area contributed by atoms with Gasteiger partial charge in [0, 0.05) is 13.1 Å². The fraction of sp³-hybridized carbons (Fsp3) is 0.500. The summed E-state index contributed by atoms with van der Waals surface area (Å²) in [7, 11) is 0. The van der Waals surface area contributed by atoms with Crippen LogP contribution in [0, 0.1) is 5.92 Å². The summed E-state index contributed by atoms with van der Waals surface area (Å²) in [5, 5.41) is 0. The van der Waals surface area contributed by atoms with Crippen molar-refractivity contribution in [3.05, 3.63) is 35.9 Å². The average Bonchev–Trinajstić information content (AvgIpc) is 2.52. The van der Waals surface area contributed by atoms with Crippen molar-refractivity contribution in [3.8, 4) is 0 Å². The van der Waals surface area contributed by atoms with Gasteiger partial charge in [0.25, 0.3) is 0 Å². The van der Waals surface area contributed by atoms with Crippen LogP contribution in [0.5, 0.6) is 0 Å². The minimum Gasteiger partial charge on any atom is -0.393 e. The quantitative estimate of drug-likeness (QED) is 0.842. The first-order chi connectivity index (χ1) is 10.1. The van der Waals surface area contributed by atoms with Crippen LogP contribution >= 0.6 is 12.2 Å². The third-order valence-corrected chi connectivity index (χ3v) is 4.11. The highest BCUT2D eigenvalue weighted by Crippen LogP contribution is 2.16. The van der Waals surface area contributed by atoms with Crippen LogP contribution in [0.4, 0.5) is 0 Å². The van der Waals surface area contributed by atoms with Crippen molar-refractivity contribution in [2.45, 2.75) is 25.9 Å². The lowest BCUT2D eigenvalue weighted by molar-refractivity contribution is -0.141. The second-order valence-corrected chi connectivity index (χ2v) is 5.80. The Morgan fingerprint density at radius 2 is 2.19 bits per heavy atom. The van der Waals surface area contributed by atoms with Gasteiger partial charge in [-0.25, -0.2) is 0 Å². The Balaban J connectivity index is 2.07. The number of nitrogens with zero attached hydrogens (tertiary/aromatic N) is 1.